The fourth-order valence-corrected chi connectivity index (χ4v) is 2.51. The molecule has 2 atom stereocenters. The Kier molecular flexibility index (Phi) is 3.89. The van der Waals surface area contributed by atoms with Gasteiger partial charge < -0.3 is 20.2 Å². The van der Waals surface area contributed by atoms with Crippen LogP contribution in [0.2, 0.25) is 0 Å². The predicted octanol–water partition coefficient (Wildman–Crippen LogP) is -0.236. The number of carbonyl (C=O) groups is 3. The monoisotopic (exact) mass is 281 g/mol. The number of aliphatic carboxylic acids is 2. The minimum Gasteiger partial charge on any atom is -0.481 e. The van der Waals surface area contributed by atoms with E-state index >= 15 is 0 Å². The highest BCUT2D eigenvalue weighted by Gasteiger charge is 2.40. The highest BCUT2D eigenvalue weighted by atomic mass is 16.4. The normalized spacial score (nSPS) is 22.9. The number of aliphatic hydroxyl groups is 1. The maximum atomic E-state index is 12.2. The molecule has 1 amide bonds. The smallest absolute Gasteiger partial charge is 0.326 e. The molecule has 7 nitrogen and oxygen atoms in total. The summed E-state index contributed by atoms with van der Waals surface area (Å²) in [5, 5.41) is 27.6. The second-order valence-electron chi connectivity index (χ2n) is 4.81. The fraction of sp³-hybridized carbons (Fsp3) is 0.462. The maximum absolute atomic E-state index is 12.2. The number of carboxylic acids is 2. The lowest BCUT2D eigenvalue weighted by molar-refractivity contribution is -0.149. The zero-order valence-electron chi connectivity index (χ0n) is 10.7. The number of aliphatic hydroxyl groups excluding tert-OH is 1. The molecular formula is C13H15NO6. The van der Waals surface area contributed by atoms with Gasteiger partial charge in [-0.05, 0) is 18.4 Å². The predicted molar refractivity (Wildman–Crippen MR) is 66.8 cm³/mol. The van der Waals surface area contributed by atoms with E-state index in [1.54, 1.807) is 12.2 Å². The van der Waals surface area contributed by atoms with E-state index in [1.165, 1.54) is 0 Å². The summed E-state index contributed by atoms with van der Waals surface area (Å²) in [5.74, 6) is -2.87. The molecule has 2 rings (SSSR count). The number of carboxylic acid groups (broad SMARTS) is 2. The average Bonchev–Trinajstić information content (AvgIpc) is 2.68. The molecule has 1 heterocycles. The average molecular weight is 281 g/mol. The molecule has 0 radical (unpaired) electrons. The molecular weight excluding hydrogens is 266 g/mol. The van der Waals surface area contributed by atoms with Gasteiger partial charge in [-0.25, -0.2) is 4.79 Å². The van der Waals surface area contributed by atoms with Crippen molar-refractivity contribution in [2.75, 3.05) is 6.54 Å². The van der Waals surface area contributed by atoms with Crippen molar-refractivity contribution < 1.29 is 29.7 Å². The number of nitrogens with zero attached hydrogens (tertiary/aromatic N) is 1. The van der Waals surface area contributed by atoms with Gasteiger partial charge in [0.25, 0.3) is 5.91 Å². The third-order valence-corrected chi connectivity index (χ3v) is 3.48. The van der Waals surface area contributed by atoms with Crippen molar-refractivity contribution in [2.24, 2.45) is 0 Å². The van der Waals surface area contributed by atoms with Crippen molar-refractivity contribution in [1.29, 1.82) is 0 Å². The minimum absolute atomic E-state index is 0.0955. The Morgan fingerprint density at radius 1 is 1.40 bits per heavy atom. The lowest BCUT2D eigenvalue weighted by Gasteiger charge is -2.24. The molecule has 2 unspecified atom stereocenters. The van der Waals surface area contributed by atoms with Crippen LogP contribution in [0.5, 0.6) is 0 Å². The van der Waals surface area contributed by atoms with E-state index in [0.717, 1.165) is 4.90 Å². The molecule has 7 heteroatoms. The van der Waals surface area contributed by atoms with E-state index in [4.69, 9.17) is 5.11 Å². The first kappa shape index (κ1) is 14.3. The van der Waals surface area contributed by atoms with Crippen molar-refractivity contribution in [1.82, 2.24) is 4.90 Å². The third-order valence-electron chi connectivity index (χ3n) is 3.48. The summed E-state index contributed by atoms with van der Waals surface area (Å²) in [4.78, 5) is 35.1. The SMILES string of the molecule is O=C(O)CCC(C(=O)O)N1CC2=C(C1=O)C(O)CC=C2. The zero-order valence-corrected chi connectivity index (χ0v) is 10.7. The molecule has 0 aromatic heterocycles. The van der Waals surface area contributed by atoms with Crippen LogP contribution in [0.4, 0.5) is 0 Å². The van der Waals surface area contributed by atoms with E-state index < -0.39 is 30.0 Å². The second-order valence-corrected chi connectivity index (χ2v) is 4.81. The number of hydrogen-bond acceptors (Lipinski definition) is 4. The molecule has 0 saturated heterocycles. The zero-order chi connectivity index (χ0) is 14.9. The van der Waals surface area contributed by atoms with Crippen molar-refractivity contribution in [3.05, 3.63) is 23.3 Å². The van der Waals surface area contributed by atoms with Crippen LogP contribution >= 0.6 is 0 Å². The largest absolute Gasteiger partial charge is 0.481 e. The van der Waals surface area contributed by atoms with Gasteiger partial charge in [0.1, 0.15) is 6.04 Å². The molecule has 108 valence electrons. The maximum Gasteiger partial charge on any atom is 0.326 e. The number of carbonyl (C=O) groups excluding carboxylic acids is 1. The molecule has 2 aliphatic rings. The van der Waals surface area contributed by atoms with Crippen LogP contribution in [0.15, 0.2) is 23.3 Å². The van der Waals surface area contributed by atoms with E-state index in [-0.39, 0.29) is 25.0 Å². The van der Waals surface area contributed by atoms with Gasteiger partial charge in [-0.3, -0.25) is 9.59 Å². The Balaban J connectivity index is 2.17. The molecule has 20 heavy (non-hydrogen) atoms. The number of rotatable bonds is 5. The van der Waals surface area contributed by atoms with Crippen LogP contribution in [0.3, 0.4) is 0 Å². The summed E-state index contributed by atoms with van der Waals surface area (Å²) in [6.45, 7) is 0.0955. The van der Waals surface area contributed by atoms with Crippen LogP contribution in [0.1, 0.15) is 19.3 Å². The number of amides is 1. The third kappa shape index (κ3) is 2.57. The Morgan fingerprint density at radius 3 is 2.65 bits per heavy atom. The lowest BCUT2D eigenvalue weighted by Crippen LogP contribution is -2.44. The number of hydrogen-bond donors (Lipinski definition) is 3. The minimum atomic E-state index is -1.24. The van der Waals surface area contributed by atoms with Crippen molar-refractivity contribution in [2.45, 2.75) is 31.4 Å². The summed E-state index contributed by atoms with van der Waals surface area (Å²) in [6.07, 6.45) is 2.36. The molecule has 1 aliphatic carbocycles. The Morgan fingerprint density at radius 2 is 2.10 bits per heavy atom. The first-order chi connectivity index (χ1) is 9.41. The van der Waals surface area contributed by atoms with Gasteiger partial charge >= 0.3 is 11.9 Å². The molecule has 0 saturated carbocycles. The Labute approximate surface area is 114 Å². The first-order valence-electron chi connectivity index (χ1n) is 6.25. The van der Waals surface area contributed by atoms with Gasteiger partial charge in [0.2, 0.25) is 0 Å². The molecule has 1 aliphatic heterocycles. The summed E-state index contributed by atoms with van der Waals surface area (Å²) >= 11 is 0. The van der Waals surface area contributed by atoms with Gasteiger partial charge in [-0.2, -0.15) is 0 Å². The standard InChI is InChI=1S/C13H15NO6/c15-9-3-1-2-7-6-14(12(18)11(7)9)8(13(19)20)4-5-10(16)17/h1-2,8-9,15H,3-6H2,(H,16,17)(H,19,20). The van der Waals surface area contributed by atoms with E-state index in [2.05, 4.69) is 0 Å². The summed E-state index contributed by atoms with van der Waals surface area (Å²) in [6, 6.07) is -1.19. The quantitative estimate of drug-likeness (QED) is 0.641. The highest BCUT2D eigenvalue weighted by molar-refractivity contribution is 6.01. The van der Waals surface area contributed by atoms with Gasteiger partial charge in [-0.1, -0.05) is 12.2 Å². The van der Waals surface area contributed by atoms with Crippen LogP contribution in [-0.4, -0.2) is 56.8 Å². The van der Waals surface area contributed by atoms with Gasteiger partial charge in [0.15, 0.2) is 0 Å². The van der Waals surface area contributed by atoms with Crippen LogP contribution < -0.4 is 0 Å². The van der Waals surface area contributed by atoms with E-state index in [9.17, 15) is 24.6 Å². The first-order valence-corrected chi connectivity index (χ1v) is 6.25. The second kappa shape index (κ2) is 5.46. The molecule has 0 aromatic carbocycles. The molecule has 3 N–H and O–H groups in total. The summed E-state index contributed by atoms with van der Waals surface area (Å²) in [5.41, 5.74) is 0.837. The van der Waals surface area contributed by atoms with E-state index in [1.807, 2.05) is 0 Å². The van der Waals surface area contributed by atoms with Crippen molar-refractivity contribution in [3.63, 3.8) is 0 Å². The molecule has 0 aromatic rings. The fourth-order valence-electron chi connectivity index (χ4n) is 2.51. The summed E-state index contributed by atoms with van der Waals surface area (Å²) < 4.78 is 0. The highest BCUT2D eigenvalue weighted by Crippen LogP contribution is 2.30. The molecule has 0 fully saturated rings. The summed E-state index contributed by atoms with van der Waals surface area (Å²) in [7, 11) is 0. The lowest BCUT2D eigenvalue weighted by atomic mass is 9.97. The topological polar surface area (TPSA) is 115 Å². The van der Waals surface area contributed by atoms with Gasteiger partial charge in [0.05, 0.1) is 11.7 Å². The van der Waals surface area contributed by atoms with Crippen molar-refractivity contribution in [3.8, 4) is 0 Å². The Hall–Kier alpha value is -2.15. The van der Waals surface area contributed by atoms with Crippen LogP contribution in [0, 0.1) is 0 Å². The van der Waals surface area contributed by atoms with Crippen LogP contribution in [0.25, 0.3) is 0 Å². The van der Waals surface area contributed by atoms with E-state index in [0.29, 0.717) is 12.0 Å². The molecule has 0 spiro atoms. The molecule has 0 bridgehead atoms. The van der Waals surface area contributed by atoms with Gasteiger partial charge in [-0.15, -0.1) is 0 Å². The van der Waals surface area contributed by atoms with Crippen LogP contribution in [-0.2, 0) is 14.4 Å². The Bertz CT molecular complexity index is 521. The van der Waals surface area contributed by atoms with Gasteiger partial charge in [0, 0.05) is 13.0 Å². The van der Waals surface area contributed by atoms with Crippen molar-refractivity contribution >= 4 is 17.8 Å².